The summed E-state index contributed by atoms with van der Waals surface area (Å²) < 4.78 is 38.3. The van der Waals surface area contributed by atoms with Crippen LogP contribution in [0.4, 0.5) is 18.9 Å². The maximum absolute atomic E-state index is 12.8. The van der Waals surface area contributed by atoms with Crippen molar-refractivity contribution in [3.8, 4) is 0 Å². The van der Waals surface area contributed by atoms with Crippen LogP contribution in [0.15, 0.2) is 18.2 Å². The van der Waals surface area contributed by atoms with Crippen LogP contribution in [-0.4, -0.2) is 29.6 Å². The number of alkyl halides is 3. The normalized spacial score (nSPS) is 16.9. The van der Waals surface area contributed by atoms with Crippen LogP contribution in [-0.2, 0) is 6.18 Å². The summed E-state index contributed by atoms with van der Waals surface area (Å²) >= 11 is 6.76. The molecule has 1 aliphatic rings. The van der Waals surface area contributed by atoms with E-state index in [2.05, 4.69) is 4.90 Å². The molecule has 0 atom stereocenters. The lowest BCUT2D eigenvalue weighted by atomic mass is 10.1. The fraction of sp³-hybridized carbons (Fsp3) is 0.462. The summed E-state index contributed by atoms with van der Waals surface area (Å²) in [7, 11) is 0. The smallest absolute Gasteiger partial charge is 0.389 e. The Morgan fingerprint density at radius 2 is 2.00 bits per heavy atom. The van der Waals surface area contributed by atoms with Gasteiger partial charge in [-0.3, -0.25) is 0 Å². The van der Waals surface area contributed by atoms with Gasteiger partial charge in [0.05, 0.1) is 5.56 Å². The Labute approximate surface area is 125 Å². The topological polar surface area (TPSA) is 29.3 Å². The predicted molar refractivity (Wildman–Crippen MR) is 81.5 cm³/mol. The van der Waals surface area contributed by atoms with Crippen molar-refractivity contribution >= 4 is 34.7 Å². The fourth-order valence-corrected chi connectivity index (χ4v) is 3.22. The molecule has 0 aromatic heterocycles. The number of nitrogens with two attached hydrogens (primary N) is 1. The number of thioether (sulfide) groups is 1. The van der Waals surface area contributed by atoms with Crippen LogP contribution < -0.4 is 10.6 Å². The summed E-state index contributed by atoms with van der Waals surface area (Å²) in [5.41, 5.74) is 5.90. The second kappa shape index (κ2) is 6.22. The summed E-state index contributed by atoms with van der Waals surface area (Å²) in [5, 5.41) is 0. The first-order chi connectivity index (χ1) is 9.39. The van der Waals surface area contributed by atoms with Crippen molar-refractivity contribution in [3.63, 3.8) is 0 Å². The van der Waals surface area contributed by atoms with Crippen LogP contribution in [0.3, 0.4) is 0 Å². The van der Waals surface area contributed by atoms with E-state index in [4.69, 9.17) is 18.0 Å². The molecule has 20 heavy (non-hydrogen) atoms. The maximum Gasteiger partial charge on any atom is 0.416 e. The summed E-state index contributed by atoms with van der Waals surface area (Å²) in [5.74, 6) is 2.03. The van der Waals surface area contributed by atoms with E-state index in [-0.39, 0.29) is 4.99 Å². The van der Waals surface area contributed by atoms with E-state index >= 15 is 0 Å². The second-order valence-electron chi connectivity index (χ2n) is 4.55. The van der Waals surface area contributed by atoms with Crippen LogP contribution in [0.2, 0.25) is 0 Å². The lowest BCUT2D eigenvalue weighted by Crippen LogP contribution is -2.28. The monoisotopic (exact) mass is 320 g/mol. The number of nitrogens with zero attached hydrogens (tertiary/aromatic N) is 1. The SMILES string of the molecule is NC(=S)c1cc(C(F)(F)F)ccc1N1CCCSCC1. The molecule has 2 rings (SSSR count). The molecule has 0 aliphatic carbocycles. The van der Waals surface area contributed by atoms with Crippen LogP contribution in [0, 0.1) is 0 Å². The number of anilines is 1. The van der Waals surface area contributed by atoms with Crippen molar-refractivity contribution in [1.82, 2.24) is 0 Å². The number of thiocarbonyl (C=S) groups is 1. The van der Waals surface area contributed by atoms with Gasteiger partial charge in [0, 0.05) is 30.1 Å². The number of halogens is 3. The zero-order valence-corrected chi connectivity index (χ0v) is 12.4. The molecule has 0 radical (unpaired) electrons. The average molecular weight is 320 g/mol. The molecule has 1 aromatic rings. The quantitative estimate of drug-likeness (QED) is 0.847. The van der Waals surface area contributed by atoms with E-state index in [0.717, 1.165) is 43.1 Å². The van der Waals surface area contributed by atoms with Gasteiger partial charge in [-0.2, -0.15) is 24.9 Å². The second-order valence-corrected chi connectivity index (χ2v) is 6.21. The zero-order valence-electron chi connectivity index (χ0n) is 10.7. The average Bonchev–Trinajstić information content (AvgIpc) is 2.65. The molecule has 2 nitrogen and oxygen atoms in total. The van der Waals surface area contributed by atoms with Crippen LogP contribution >= 0.6 is 24.0 Å². The molecule has 1 aromatic carbocycles. The highest BCUT2D eigenvalue weighted by molar-refractivity contribution is 7.99. The van der Waals surface area contributed by atoms with Gasteiger partial charge in [-0.15, -0.1) is 0 Å². The summed E-state index contributed by atoms with van der Waals surface area (Å²) in [6.45, 7) is 1.61. The van der Waals surface area contributed by atoms with E-state index in [1.165, 1.54) is 6.07 Å². The molecule has 1 fully saturated rings. The van der Waals surface area contributed by atoms with Gasteiger partial charge in [-0.1, -0.05) is 12.2 Å². The minimum Gasteiger partial charge on any atom is -0.389 e. The van der Waals surface area contributed by atoms with Gasteiger partial charge < -0.3 is 10.6 Å². The van der Waals surface area contributed by atoms with Crippen molar-refractivity contribution in [2.45, 2.75) is 12.6 Å². The van der Waals surface area contributed by atoms with E-state index in [0.29, 0.717) is 11.3 Å². The molecule has 7 heteroatoms. The number of rotatable bonds is 2. The summed E-state index contributed by atoms with van der Waals surface area (Å²) in [6.07, 6.45) is -3.38. The summed E-state index contributed by atoms with van der Waals surface area (Å²) in [4.78, 5) is 2.07. The number of hydrogen-bond donors (Lipinski definition) is 1. The zero-order chi connectivity index (χ0) is 14.8. The molecule has 1 aliphatic heterocycles. The lowest BCUT2D eigenvalue weighted by molar-refractivity contribution is -0.137. The minimum atomic E-state index is -4.38. The lowest BCUT2D eigenvalue weighted by Gasteiger charge is -2.25. The highest BCUT2D eigenvalue weighted by atomic mass is 32.2. The first-order valence-electron chi connectivity index (χ1n) is 6.23. The van der Waals surface area contributed by atoms with Gasteiger partial charge in [0.15, 0.2) is 0 Å². The minimum absolute atomic E-state index is 0.00278. The van der Waals surface area contributed by atoms with Crippen molar-refractivity contribution in [2.75, 3.05) is 29.5 Å². The molecular weight excluding hydrogens is 305 g/mol. The molecule has 0 spiro atoms. The van der Waals surface area contributed by atoms with Gasteiger partial charge in [0.1, 0.15) is 4.99 Å². The van der Waals surface area contributed by atoms with Gasteiger partial charge >= 0.3 is 6.18 Å². The molecule has 0 bridgehead atoms. The standard InChI is InChI=1S/C13H15F3N2S2/c14-13(15,16)9-2-3-11(10(8-9)12(17)19)18-4-1-6-20-7-5-18/h2-3,8H,1,4-7H2,(H2,17,19). The third-order valence-electron chi connectivity index (χ3n) is 3.15. The van der Waals surface area contributed by atoms with E-state index in [1.807, 2.05) is 11.8 Å². The number of hydrogen-bond acceptors (Lipinski definition) is 3. The first-order valence-corrected chi connectivity index (χ1v) is 7.79. The van der Waals surface area contributed by atoms with Crippen LogP contribution in [0.1, 0.15) is 17.5 Å². The highest BCUT2D eigenvalue weighted by Gasteiger charge is 2.31. The van der Waals surface area contributed by atoms with Gasteiger partial charge in [-0.25, -0.2) is 0 Å². The Morgan fingerprint density at radius 1 is 1.25 bits per heavy atom. The number of benzene rings is 1. The van der Waals surface area contributed by atoms with Crippen molar-refractivity contribution in [1.29, 1.82) is 0 Å². The van der Waals surface area contributed by atoms with E-state index in [9.17, 15) is 13.2 Å². The largest absolute Gasteiger partial charge is 0.416 e. The van der Waals surface area contributed by atoms with E-state index < -0.39 is 11.7 Å². The Balaban J connectivity index is 2.39. The van der Waals surface area contributed by atoms with E-state index in [1.54, 1.807) is 0 Å². The predicted octanol–water partition coefficient (Wildman–Crippen LogP) is 3.28. The first kappa shape index (κ1) is 15.4. The summed E-state index contributed by atoms with van der Waals surface area (Å²) in [6, 6.07) is 3.62. The molecule has 110 valence electrons. The van der Waals surface area contributed by atoms with Crippen LogP contribution in [0.5, 0.6) is 0 Å². The van der Waals surface area contributed by atoms with Gasteiger partial charge in [0.2, 0.25) is 0 Å². The van der Waals surface area contributed by atoms with Crippen molar-refractivity contribution < 1.29 is 13.2 Å². The third-order valence-corrected chi connectivity index (χ3v) is 4.42. The Morgan fingerprint density at radius 3 is 2.65 bits per heavy atom. The van der Waals surface area contributed by atoms with Gasteiger partial charge in [0.25, 0.3) is 0 Å². The molecular formula is C13H15F3N2S2. The molecule has 0 unspecified atom stereocenters. The molecule has 2 N–H and O–H groups in total. The Bertz CT molecular complexity index is 495. The maximum atomic E-state index is 12.8. The van der Waals surface area contributed by atoms with Gasteiger partial charge in [-0.05, 0) is 30.4 Å². The third kappa shape index (κ3) is 3.58. The fourth-order valence-electron chi connectivity index (χ4n) is 2.17. The molecule has 1 heterocycles. The Hall–Kier alpha value is -0.950. The highest BCUT2D eigenvalue weighted by Crippen LogP contribution is 2.33. The Kier molecular flexibility index (Phi) is 4.80. The molecule has 0 amide bonds. The van der Waals surface area contributed by atoms with Crippen molar-refractivity contribution in [2.24, 2.45) is 5.73 Å². The molecule has 0 saturated carbocycles. The van der Waals surface area contributed by atoms with Crippen LogP contribution in [0.25, 0.3) is 0 Å². The molecule has 1 saturated heterocycles. The van der Waals surface area contributed by atoms with Crippen molar-refractivity contribution in [3.05, 3.63) is 29.3 Å².